The number of hydrogen-bond acceptors (Lipinski definition) is 4. The van der Waals surface area contributed by atoms with Gasteiger partial charge in [0, 0.05) is 18.0 Å². The number of rotatable bonds is 22. The summed E-state index contributed by atoms with van der Waals surface area (Å²) in [6.07, 6.45) is 20.7. The van der Waals surface area contributed by atoms with E-state index in [0.717, 1.165) is 48.8 Å². The zero-order chi connectivity index (χ0) is 29.9. The summed E-state index contributed by atoms with van der Waals surface area (Å²) in [6.45, 7) is 12.6. The van der Waals surface area contributed by atoms with E-state index < -0.39 is 0 Å². The number of fused-ring (bicyclic) bond motifs is 1. The van der Waals surface area contributed by atoms with E-state index in [2.05, 4.69) is 46.8 Å². The first-order chi connectivity index (χ1) is 19.9. The SMILES string of the molecule is CCCCCCCCOc1ccc2c(OC/C=C(\C)CCC=C(C)C)c(OC)c(=O)n(CCCCCCCC)c2c1. The molecule has 2 rings (SSSR count). The Kier molecular flexibility index (Phi) is 17.0. The number of nitrogens with zero attached hydrogens (tertiary/aromatic N) is 1. The average Bonchev–Trinajstić information content (AvgIpc) is 2.95. The lowest BCUT2D eigenvalue weighted by Crippen LogP contribution is -2.23. The van der Waals surface area contributed by atoms with Crippen molar-refractivity contribution < 1.29 is 14.2 Å². The van der Waals surface area contributed by atoms with E-state index in [1.54, 1.807) is 7.11 Å². The number of hydrogen-bond donors (Lipinski definition) is 0. The molecule has 0 aliphatic rings. The monoisotopic (exact) mass is 567 g/mol. The van der Waals surface area contributed by atoms with E-state index in [4.69, 9.17) is 14.2 Å². The van der Waals surface area contributed by atoms with Crippen LogP contribution in [0.15, 0.2) is 46.3 Å². The van der Waals surface area contributed by atoms with E-state index in [1.807, 2.05) is 22.8 Å². The van der Waals surface area contributed by atoms with Gasteiger partial charge in [0.1, 0.15) is 12.4 Å². The number of benzene rings is 1. The maximum absolute atomic E-state index is 13.7. The highest BCUT2D eigenvalue weighted by Crippen LogP contribution is 2.35. The highest BCUT2D eigenvalue weighted by atomic mass is 16.5. The second-order valence-corrected chi connectivity index (χ2v) is 11.6. The van der Waals surface area contributed by atoms with Gasteiger partial charge < -0.3 is 18.8 Å². The van der Waals surface area contributed by atoms with E-state index in [-0.39, 0.29) is 11.3 Å². The molecule has 0 radical (unpaired) electrons. The first kappa shape index (κ1) is 34.5. The Bertz CT molecular complexity index is 1140. The second-order valence-electron chi connectivity index (χ2n) is 11.6. The minimum atomic E-state index is -0.138. The molecule has 1 heterocycles. The molecule has 1 aromatic heterocycles. The number of aryl methyl sites for hydroxylation is 1. The fourth-order valence-corrected chi connectivity index (χ4v) is 5.09. The third-order valence-electron chi connectivity index (χ3n) is 7.61. The first-order valence-corrected chi connectivity index (χ1v) is 16.2. The van der Waals surface area contributed by atoms with Crippen molar-refractivity contribution in [2.75, 3.05) is 20.3 Å². The maximum Gasteiger partial charge on any atom is 0.297 e. The van der Waals surface area contributed by atoms with Crippen molar-refractivity contribution in [2.24, 2.45) is 0 Å². The van der Waals surface area contributed by atoms with Gasteiger partial charge in [-0.05, 0) is 64.7 Å². The van der Waals surface area contributed by atoms with Crippen LogP contribution in [0.3, 0.4) is 0 Å². The molecule has 2 aromatic rings. The van der Waals surface area contributed by atoms with Crippen molar-refractivity contribution in [3.05, 3.63) is 51.9 Å². The smallest absolute Gasteiger partial charge is 0.297 e. The van der Waals surface area contributed by atoms with Gasteiger partial charge in [-0.15, -0.1) is 0 Å². The molecule has 0 amide bonds. The zero-order valence-corrected chi connectivity index (χ0v) is 27.0. The summed E-state index contributed by atoms with van der Waals surface area (Å²) in [4.78, 5) is 13.7. The molecule has 1 aromatic carbocycles. The molecule has 0 aliphatic carbocycles. The number of aromatic nitrogens is 1. The predicted molar refractivity (Wildman–Crippen MR) is 175 cm³/mol. The number of unbranched alkanes of at least 4 members (excludes halogenated alkanes) is 10. The zero-order valence-electron chi connectivity index (χ0n) is 27.0. The van der Waals surface area contributed by atoms with Crippen LogP contribution in [0.25, 0.3) is 10.9 Å². The molecule has 0 atom stereocenters. The minimum Gasteiger partial charge on any atom is -0.494 e. The van der Waals surface area contributed by atoms with Crippen molar-refractivity contribution in [1.82, 2.24) is 4.57 Å². The summed E-state index contributed by atoms with van der Waals surface area (Å²) in [5.41, 5.74) is 3.32. The summed E-state index contributed by atoms with van der Waals surface area (Å²) in [7, 11) is 1.56. The third-order valence-corrected chi connectivity index (χ3v) is 7.61. The molecular formula is C36H57NO4. The molecular weight excluding hydrogens is 510 g/mol. The fourth-order valence-electron chi connectivity index (χ4n) is 5.09. The van der Waals surface area contributed by atoms with Crippen LogP contribution in [0.1, 0.15) is 125 Å². The number of methoxy groups -OCH3 is 1. The summed E-state index contributed by atoms with van der Waals surface area (Å²) < 4.78 is 19.9. The Balaban J connectivity index is 2.27. The van der Waals surface area contributed by atoms with Crippen LogP contribution < -0.4 is 19.8 Å². The van der Waals surface area contributed by atoms with Gasteiger partial charge >= 0.3 is 0 Å². The van der Waals surface area contributed by atoms with E-state index in [1.165, 1.54) is 68.9 Å². The van der Waals surface area contributed by atoms with Crippen molar-refractivity contribution in [3.8, 4) is 17.2 Å². The highest BCUT2D eigenvalue weighted by molar-refractivity contribution is 5.89. The average molecular weight is 568 g/mol. The molecule has 0 saturated carbocycles. The molecule has 0 unspecified atom stereocenters. The quantitative estimate of drug-likeness (QED) is 0.105. The molecule has 0 fully saturated rings. The van der Waals surface area contributed by atoms with Gasteiger partial charge in [0.15, 0.2) is 5.75 Å². The molecule has 230 valence electrons. The Hall–Kier alpha value is -2.69. The minimum absolute atomic E-state index is 0.138. The molecule has 5 heteroatoms. The van der Waals surface area contributed by atoms with Crippen LogP contribution in [0.5, 0.6) is 17.2 Å². The van der Waals surface area contributed by atoms with Gasteiger partial charge in [-0.1, -0.05) is 95.3 Å². The van der Waals surface area contributed by atoms with Crippen LogP contribution in [-0.4, -0.2) is 24.9 Å². The predicted octanol–water partition coefficient (Wildman–Crippen LogP) is 10.2. The van der Waals surface area contributed by atoms with Crippen LogP contribution in [-0.2, 0) is 6.54 Å². The number of allylic oxidation sites excluding steroid dienone is 3. The standard InChI is InChI=1S/C36H57NO4/c1-7-9-11-13-15-17-25-37-33-28-31(40-26-18-16-14-12-10-8-2)22-23-32(33)34(35(39-6)36(37)38)41-27-24-30(5)21-19-20-29(3)4/h20,22-24,28H,7-19,21,25-27H2,1-6H3/b30-24+. The summed E-state index contributed by atoms with van der Waals surface area (Å²) in [5.74, 6) is 1.59. The van der Waals surface area contributed by atoms with Crippen molar-refractivity contribution in [2.45, 2.75) is 131 Å². The third kappa shape index (κ3) is 12.4. The van der Waals surface area contributed by atoms with Crippen LogP contribution in [0, 0.1) is 0 Å². The molecule has 0 aliphatic heterocycles. The Morgan fingerprint density at radius 3 is 2.12 bits per heavy atom. The topological polar surface area (TPSA) is 49.7 Å². The fraction of sp³-hybridized carbons (Fsp3) is 0.639. The van der Waals surface area contributed by atoms with E-state index in [9.17, 15) is 4.79 Å². The first-order valence-electron chi connectivity index (χ1n) is 16.2. The highest BCUT2D eigenvalue weighted by Gasteiger charge is 2.19. The van der Waals surface area contributed by atoms with Crippen LogP contribution >= 0.6 is 0 Å². The largest absolute Gasteiger partial charge is 0.494 e. The normalized spacial score (nSPS) is 11.6. The lowest BCUT2D eigenvalue weighted by molar-refractivity contribution is 0.304. The van der Waals surface area contributed by atoms with Gasteiger partial charge in [-0.25, -0.2) is 0 Å². The Morgan fingerprint density at radius 1 is 0.805 bits per heavy atom. The van der Waals surface area contributed by atoms with E-state index in [0.29, 0.717) is 25.5 Å². The molecule has 0 N–H and O–H groups in total. The summed E-state index contributed by atoms with van der Waals surface area (Å²) in [5, 5.41) is 0.884. The van der Waals surface area contributed by atoms with Gasteiger partial charge in [0.05, 0.1) is 19.2 Å². The molecule has 0 saturated heterocycles. The van der Waals surface area contributed by atoms with E-state index >= 15 is 0 Å². The van der Waals surface area contributed by atoms with Crippen molar-refractivity contribution >= 4 is 10.9 Å². The van der Waals surface area contributed by atoms with Gasteiger partial charge in [0.2, 0.25) is 5.75 Å². The lowest BCUT2D eigenvalue weighted by Gasteiger charge is -2.18. The Labute approximate surface area is 250 Å². The van der Waals surface area contributed by atoms with Crippen molar-refractivity contribution in [1.29, 1.82) is 0 Å². The Morgan fingerprint density at radius 2 is 1.46 bits per heavy atom. The molecule has 41 heavy (non-hydrogen) atoms. The molecule has 5 nitrogen and oxygen atoms in total. The van der Waals surface area contributed by atoms with Gasteiger partial charge in [-0.2, -0.15) is 0 Å². The summed E-state index contributed by atoms with van der Waals surface area (Å²) in [6, 6.07) is 6.02. The number of pyridine rings is 1. The second kappa shape index (κ2) is 20.2. The maximum atomic E-state index is 13.7. The summed E-state index contributed by atoms with van der Waals surface area (Å²) >= 11 is 0. The lowest BCUT2D eigenvalue weighted by atomic mass is 10.1. The number of ether oxygens (including phenoxy) is 3. The van der Waals surface area contributed by atoms with Crippen molar-refractivity contribution in [3.63, 3.8) is 0 Å². The van der Waals surface area contributed by atoms with Crippen LogP contribution in [0.2, 0.25) is 0 Å². The van der Waals surface area contributed by atoms with Gasteiger partial charge in [-0.3, -0.25) is 4.79 Å². The van der Waals surface area contributed by atoms with Gasteiger partial charge in [0.25, 0.3) is 5.56 Å². The van der Waals surface area contributed by atoms with Crippen LogP contribution in [0.4, 0.5) is 0 Å². The molecule has 0 spiro atoms. The molecule has 0 bridgehead atoms.